The Morgan fingerprint density at radius 3 is 2.83 bits per heavy atom. The van der Waals surface area contributed by atoms with Crippen molar-refractivity contribution in [2.45, 2.75) is 19.4 Å². The van der Waals surface area contributed by atoms with Crippen molar-refractivity contribution < 1.29 is 0 Å². The van der Waals surface area contributed by atoms with Crippen LogP contribution in [-0.4, -0.2) is 6.54 Å². The lowest BCUT2D eigenvalue weighted by Gasteiger charge is -2.17. The van der Waals surface area contributed by atoms with Crippen LogP contribution >= 0.6 is 38.9 Å². The third-order valence-electron chi connectivity index (χ3n) is 2.84. The Hall–Kier alpha value is -0.350. The molecule has 1 N–H and O–H groups in total. The minimum atomic E-state index is 0.333. The molecule has 0 amide bonds. The van der Waals surface area contributed by atoms with Gasteiger partial charge in [0, 0.05) is 15.5 Å². The maximum Gasteiger partial charge on any atom is 0.0449 e. The molecule has 0 saturated carbocycles. The molecule has 18 heavy (non-hydrogen) atoms. The van der Waals surface area contributed by atoms with Gasteiger partial charge in [-0.15, -0.1) is 0 Å². The lowest BCUT2D eigenvalue weighted by Crippen LogP contribution is -2.22. The number of thiophene rings is 1. The van der Waals surface area contributed by atoms with E-state index in [9.17, 15) is 0 Å². The predicted octanol–water partition coefficient (Wildman–Crippen LogP) is 5.06. The lowest BCUT2D eigenvalue weighted by molar-refractivity contribution is 0.551. The van der Waals surface area contributed by atoms with Gasteiger partial charge in [-0.25, -0.2) is 0 Å². The van der Waals surface area contributed by atoms with Gasteiger partial charge >= 0.3 is 0 Å². The molecule has 0 spiro atoms. The number of rotatable bonds is 5. The molecule has 0 bridgehead atoms. The number of likely N-dealkylation sites (N-methyl/N-ethyl adjacent to an activating group) is 1. The van der Waals surface area contributed by atoms with Crippen LogP contribution in [0.2, 0.25) is 5.02 Å². The van der Waals surface area contributed by atoms with Crippen LogP contribution in [0.25, 0.3) is 0 Å². The van der Waals surface area contributed by atoms with Gasteiger partial charge in [-0.3, -0.25) is 0 Å². The van der Waals surface area contributed by atoms with Crippen molar-refractivity contribution in [3.05, 3.63) is 55.6 Å². The average Bonchev–Trinajstić information content (AvgIpc) is 2.85. The molecule has 0 fully saturated rings. The number of hydrogen-bond donors (Lipinski definition) is 1. The zero-order chi connectivity index (χ0) is 13.0. The fraction of sp³-hybridized carbons (Fsp3) is 0.286. The molecule has 0 radical (unpaired) electrons. The van der Waals surface area contributed by atoms with Crippen LogP contribution in [0.3, 0.4) is 0 Å². The topological polar surface area (TPSA) is 12.0 Å². The molecular formula is C14H15BrClNS. The van der Waals surface area contributed by atoms with Gasteiger partial charge in [0.15, 0.2) is 0 Å². The van der Waals surface area contributed by atoms with Gasteiger partial charge in [0.2, 0.25) is 0 Å². The molecule has 1 aromatic heterocycles. The van der Waals surface area contributed by atoms with Crippen LogP contribution < -0.4 is 5.32 Å². The summed E-state index contributed by atoms with van der Waals surface area (Å²) in [4.78, 5) is 0. The Morgan fingerprint density at radius 1 is 1.39 bits per heavy atom. The lowest BCUT2D eigenvalue weighted by atomic mass is 10.0. The van der Waals surface area contributed by atoms with E-state index in [1.807, 2.05) is 12.1 Å². The Morgan fingerprint density at radius 2 is 2.22 bits per heavy atom. The van der Waals surface area contributed by atoms with E-state index in [1.54, 1.807) is 11.3 Å². The first-order valence-corrected chi connectivity index (χ1v) is 8.01. The number of benzene rings is 1. The first kappa shape index (κ1) is 14.1. The highest BCUT2D eigenvalue weighted by Crippen LogP contribution is 2.27. The van der Waals surface area contributed by atoms with Crippen molar-refractivity contribution in [1.82, 2.24) is 5.32 Å². The van der Waals surface area contributed by atoms with E-state index in [-0.39, 0.29) is 0 Å². The van der Waals surface area contributed by atoms with Crippen LogP contribution in [-0.2, 0) is 6.42 Å². The first-order valence-electron chi connectivity index (χ1n) is 5.90. The van der Waals surface area contributed by atoms with E-state index in [2.05, 4.69) is 51.1 Å². The summed E-state index contributed by atoms with van der Waals surface area (Å²) in [5.41, 5.74) is 2.51. The second kappa shape index (κ2) is 6.71. The highest BCUT2D eigenvalue weighted by Gasteiger charge is 2.13. The third-order valence-corrected chi connectivity index (χ3v) is 4.38. The minimum Gasteiger partial charge on any atom is -0.310 e. The van der Waals surface area contributed by atoms with Gasteiger partial charge in [-0.1, -0.05) is 40.5 Å². The van der Waals surface area contributed by atoms with Crippen molar-refractivity contribution >= 4 is 38.9 Å². The minimum absolute atomic E-state index is 0.333. The summed E-state index contributed by atoms with van der Waals surface area (Å²) in [7, 11) is 0. The van der Waals surface area contributed by atoms with Crippen molar-refractivity contribution in [1.29, 1.82) is 0 Å². The standard InChI is InChI=1S/C14H15BrClNS/c1-2-17-14(11-5-6-18-9-11)7-10-3-4-12(15)8-13(10)16/h3-6,8-9,14,17H,2,7H2,1H3. The van der Waals surface area contributed by atoms with E-state index in [4.69, 9.17) is 11.6 Å². The van der Waals surface area contributed by atoms with Crippen LogP contribution in [0.15, 0.2) is 39.5 Å². The number of nitrogens with one attached hydrogen (secondary N) is 1. The first-order chi connectivity index (χ1) is 8.70. The third kappa shape index (κ3) is 3.58. The molecule has 2 rings (SSSR count). The molecule has 0 saturated heterocycles. The zero-order valence-electron chi connectivity index (χ0n) is 10.1. The number of halogens is 2. The summed E-state index contributed by atoms with van der Waals surface area (Å²) >= 11 is 11.4. The van der Waals surface area contributed by atoms with Crippen LogP contribution in [0.1, 0.15) is 24.1 Å². The van der Waals surface area contributed by atoms with E-state index >= 15 is 0 Å². The fourth-order valence-electron chi connectivity index (χ4n) is 1.93. The van der Waals surface area contributed by atoms with Gasteiger partial charge in [0.05, 0.1) is 0 Å². The molecule has 0 aliphatic carbocycles. The molecule has 1 aromatic carbocycles. The molecule has 1 atom stereocenters. The highest BCUT2D eigenvalue weighted by atomic mass is 79.9. The smallest absolute Gasteiger partial charge is 0.0449 e. The number of hydrogen-bond acceptors (Lipinski definition) is 2. The Labute approximate surface area is 125 Å². The SMILES string of the molecule is CCNC(Cc1ccc(Br)cc1Cl)c1ccsc1. The molecule has 2 aromatic rings. The normalized spacial score (nSPS) is 12.6. The van der Waals surface area contributed by atoms with Crippen LogP contribution in [0, 0.1) is 0 Å². The van der Waals surface area contributed by atoms with Gasteiger partial charge in [0.1, 0.15) is 0 Å². The van der Waals surface area contributed by atoms with E-state index in [0.29, 0.717) is 6.04 Å². The average molecular weight is 345 g/mol. The second-order valence-corrected chi connectivity index (χ2v) is 6.21. The summed E-state index contributed by atoms with van der Waals surface area (Å²) in [6.07, 6.45) is 0.913. The Bertz CT molecular complexity index is 499. The second-order valence-electron chi connectivity index (χ2n) is 4.11. The molecule has 1 nitrogen and oxygen atoms in total. The Balaban J connectivity index is 2.18. The van der Waals surface area contributed by atoms with Gasteiger partial charge in [-0.2, -0.15) is 11.3 Å². The van der Waals surface area contributed by atoms with Crippen molar-refractivity contribution in [3.8, 4) is 0 Å². The van der Waals surface area contributed by atoms with Crippen LogP contribution in [0.4, 0.5) is 0 Å². The fourth-order valence-corrected chi connectivity index (χ4v) is 3.40. The summed E-state index contributed by atoms with van der Waals surface area (Å²) < 4.78 is 1.02. The molecule has 1 heterocycles. The van der Waals surface area contributed by atoms with Gasteiger partial charge < -0.3 is 5.32 Å². The summed E-state index contributed by atoms with van der Waals surface area (Å²) in [6, 6.07) is 8.58. The molecule has 4 heteroatoms. The maximum absolute atomic E-state index is 6.28. The molecular weight excluding hydrogens is 330 g/mol. The monoisotopic (exact) mass is 343 g/mol. The largest absolute Gasteiger partial charge is 0.310 e. The molecule has 1 unspecified atom stereocenters. The Kier molecular flexibility index (Phi) is 5.25. The van der Waals surface area contributed by atoms with Gasteiger partial charge in [0.25, 0.3) is 0 Å². The molecule has 0 aliphatic heterocycles. The van der Waals surface area contributed by atoms with Crippen molar-refractivity contribution in [3.63, 3.8) is 0 Å². The summed E-state index contributed by atoms with van der Waals surface area (Å²) in [6.45, 7) is 3.08. The van der Waals surface area contributed by atoms with Gasteiger partial charge in [-0.05, 0) is 53.1 Å². The van der Waals surface area contributed by atoms with E-state index in [1.165, 1.54) is 11.1 Å². The predicted molar refractivity (Wildman–Crippen MR) is 83.6 cm³/mol. The maximum atomic E-state index is 6.28. The summed E-state index contributed by atoms with van der Waals surface area (Å²) in [5, 5.41) is 8.64. The van der Waals surface area contributed by atoms with Crippen molar-refractivity contribution in [2.75, 3.05) is 6.54 Å². The van der Waals surface area contributed by atoms with Crippen LogP contribution in [0.5, 0.6) is 0 Å². The van der Waals surface area contributed by atoms with E-state index in [0.717, 1.165) is 22.5 Å². The van der Waals surface area contributed by atoms with Crippen molar-refractivity contribution in [2.24, 2.45) is 0 Å². The molecule has 0 aliphatic rings. The van der Waals surface area contributed by atoms with E-state index < -0.39 is 0 Å². The molecule has 96 valence electrons. The highest BCUT2D eigenvalue weighted by molar-refractivity contribution is 9.10. The summed E-state index contributed by atoms with van der Waals surface area (Å²) in [5.74, 6) is 0. The zero-order valence-corrected chi connectivity index (χ0v) is 13.3. The quantitative estimate of drug-likeness (QED) is 0.799.